The van der Waals surface area contributed by atoms with Crippen LogP contribution in [0.3, 0.4) is 0 Å². The molecule has 0 saturated carbocycles. The molecule has 0 saturated heterocycles. The third kappa shape index (κ3) is 3.17. The molecule has 1 aromatic rings. The maximum atomic E-state index is 8.77. The van der Waals surface area contributed by atoms with Crippen molar-refractivity contribution in [2.75, 3.05) is 6.61 Å². The molecule has 0 aliphatic heterocycles. The molecule has 0 radical (unpaired) electrons. The lowest BCUT2D eigenvalue weighted by molar-refractivity contribution is 0.295. The predicted molar refractivity (Wildman–Crippen MR) is 57.7 cm³/mol. The van der Waals surface area contributed by atoms with Gasteiger partial charge in [-0.3, -0.25) is 0 Å². The van der Waals surface area contributed by atoms with Gasteiger partial charge in [0.15, 0.2) is 0 Å². The van der Waals surface area contributed by atoms with Crippen molar-refractivity contribution in [2.24, 2.45) is 0 Å². The van der Waals surface area contributed by atoms with Crippen LogP contribution in [0.25, 0.3) is 0 Å². The molecule has 0 aromatic heterocycles. The summed E-state index contributed by atoms with van der Waals surface area (Å²) in [6.45, 7) is 0.124. The second-order valence-electron chi connectivity index (χ2n) is 2.67. The monoisotopic (exact) mass is 246 g/mol. The number of thiol groups is 1. The first-order valence-electron chi connectivity index (χ1n) is 3.75. The van der Waals surface area contributed by atoms with Crippen molar-refractivity contribution in [3.8, 4) is 0 Å². The highest BCUT2D eigenvalue weighted by atomic mass is 79.9. The van der Waals surface area contributed by atoms with Crippen molar-refractivity contribution >= 4 is 28.6 Å². The predicted octanol–water partition coefficient (Wildman–Crippen LogP) is 2.28. The van der Waals surface area contributed by atoms with Crippen LogP contribution < -0.4 is 0 Å². The Morgan fingerprint density at radius 2 is 1.92 bits per heavy atom. The molecule has 0 heterocycles. The third-order valence-electron chi connectivity index (χ3n) is 1.60. The van der Waals surface area contributed by atoms with Gasteiger partial charge in [-0.1, -0.05) is 28.1 Å². The maximum Gasteiger partial charge on any atom is 0.0550 e. The second kappa shape index (κ2) is 4.90. The zero-order valence-corrected chi connectivity index (χ0v) is 9.05. The number of rotatable bonds is 3. The Morgan fingerprint density at radius 1 is 1.33 bits per heavy atom. The highest BCUT2D eigenvalue weighted by molar-refractivity contribution is 9.10. The van der Waals surface area contributed by atoms with E-state index in [9.17, 15) is 0 Å². The zero-order valence-electron chi connectivity index (χ0n) is 6.57. The molecule has 0 aliphatic carbocycles. The Bertz CT molecular complexity index is 235. The van der Waals surface area contributed by atoms with E-state index in [2.05, 4.69) is 28.6 Å². The van der Waals surface area contributed by atoms with E-state index in [0.29, 0.717) is 0 Å². The fourth-order valence-corrected chi connectivity index (χ4v) is 1.43. The second-order valence-corrected chi connectivity index (χ2v) is 4.31. The topological polar surface area (TPSA) is 20.2 Å². The minimum atomic E-state index is 0.0474. The molecule has 0 spiro atoms. The molecule has 66 valence electrons. The van der Waals surface area contributed by atoms with Crippen molar-refractivity contribution in [1.29, 1.82) is 0 Å². The lowest BCUT2D eigenvalue weighted by atomic mass is 10.1. The SMILES string of the molecule is OCC(S)Cc1ccc(Br)cc1. The van der Waals surface area contributed by atoms with Crippen LogP contribution in [-0.2, 0) is 6.42 Å². The molecule has 12 heavy (non-hydrogen) atoms. The lowest BCUT2D eigenvalue weighted by Crippen LogP contribution is -2.08. The Morgan fingerprint density at radius 3 is 2.42 bits per heavy atom. The van der Waals surface area contributed by atoms with Gasteiger partial charge in [0.05, 0.1) is 6.61 Å². The third-order valence-corrected chi connectivity index (χ3v) is 2.47. The summed E-state index contributed by atoms with van der Waals surface area (Å²) in [6, 6.07) is 8.05. The van der Waals surface area contributed by atoms with Crippen LogP contribution in [0.4, 0.5) is 0 Å². The largest absolute Gasteiger partial charge is 0.395 e. The molecule has 0 amide bonds. The highest BCUT2D eigenvalue weighted by Crippen LogP contribution is 2.13. The smallest absolute Gasteiger partial charge is 0.0550 e. The van der Waals surface area contributed by atoms with Gasteiger partial charge >= 0.3 is 0 Å². The number of aliphatic hydroxyl groups excluding tert-OH is 1. The average Bonchev–Trinajstić information content (AvgIpc) is 2.09. The minimum Gasteiger partial charge on any atom is -0.395 e. The van der Waals surface area contributed by atoms with E-state index in [4.69, 9.17) is 5.11 Å². The molecule has 1 atom stereocenters. The van der Waals surface area contributed by atoms with Crippen molar-refractivity contribution in [1.82, 2.24) is 0 Å². The summed E-state index contributed by atoms with van der Waals surface area (Å²) in [4.78, 5) is 0. The Balaban J connectivity index is 2.58. The first-order chi connectivity index (χ1) is 5.72. The molecule has 1 rings (SSSR count). The van der Waals surface area contributed by atoms with E-state index in [0.717, 1.165) is 10.9 Å². The Labute approximate surface area is 86.3 Å². The molecule has 0 bridgehead atoms. The molecular formula is C9H11BrOS. The fraction of sp³-hybridized carbons (Fsp3) is 0.333. The van der Waals surface area contributed by atoms with Gasteiger partial charge in [0.25, 0.3) is 0 Å². The summed E-state index contributed by atoms with van der Waals surface area (Å²) in [5.74, 6) is 0. The Kier molecular flexibility index (Phi) is 4.12. The van der Waals surface area contributed by atoms with Gasteiger partial charge in [0, 0.05) is 9.72 Å². The summed E-state index contributed by atoms with van der Waals surface area (Å²) in [6.07, 6.45) is 0.812. The molecule has 1 nitrogen and oxygen atoms in total. The molecule has 1 N–H and O–H groups in total. The van der Waals surface area contributed by atoms with Crippen LogP contribution in [-0.4, -0.2) is 17.0 Å². The van der Waals surface area contributed by atoms with Crippen LogP contribution in [0, 0.1) is 0 Å². The number of halogens is 1. The quantitative estimate of drug-likeness (QED) is 0.785. The van der Waals surface area contributed by atoms with Crippen LogP contribution in [0.15, 0.2) is 28.7 Å². The van der Waals surface area contributed by atoms with E-state index in [-0.39, 0.29) is 11.9 Å². The molecule has 0 aliphatic rings. The molecule has 1 aromatic carbocycles. The van der Waals surface area contributed by atoms with E-state index in [1.54, 1.807) is 0 Å². The van der Waals surface area contributed by atoms with Crippen LogP contribution in [0.1, 0.15) is 5.56 Å². The normalized spacial score (nSPS) is 12.9. The summed E-state index contributed by atoms with van der Waals surface area (Å²) >= 11 is 7.57. The van der Waals surface area contributed by atoms with Crippen molar-refractivity contribution in [3.63, 3.8) is 0 Å². The molecule has 3 heteroatoms. The van der Waals surface area contributed by atoms with Gasteiger partial charge in [-0.2, -0.15) is 12.6 Å². The first-order valence-corrected chi connectivity index (χ1v) is 5.06. The number of aliphatic hydroxyl groups is 1. The van der Waals surface area contributed by atoms with Gasteiger partial charge < -0.3 is 5.11 Å². The Hall–Kier alpha value is 0.01000. The van der Waals surface area contributed by atoms with Gasteiger partial charge in [-0.15, -0.1) is 0 Å². The van der Waals surface area contributed by atoms with E-state index < -0.39 is 0 Å². The lowest BCUT2D eigenvalue weighted by Gasteiger charge is -2.06. The average molecular weight is 247 g/mol. The van der Waals surface area contributed by atoms with Gasteiger partial charge in [-0.25, -0.2) is 0 Å². The van der Waals surface area contributed by atoms with Crippen LogP contribution in [0.2, 0.25) is 0 Å². The van der Waals surface area contributed by atoms with Gasteiger partial charge in [-0.05, 0) is 24.1 Å². The number of benzene rings is 1. The van der Waals surface area contributed by atoms with Crippen molar-refractivity contribution in [2.45, 2.75) is 11.7 Å². The summed E-state index contributed by atoms with van der Waals surface area (Å²) in [7, 11) is 0. The summed E-state index contributed by atoms with van der Waals surface area (Å²) in [5.41, 5.74) is 1.20. The highest BCUT2D eigenvalue weighted by Gasteiger charge is 2.01. The minimum absolute atomic E-state index is 0.0474. The van der Waals surface area contributed by atoms with Crippen LogP contribution in [0.5, 0.6) is 0 Å². The fourth-order valence-electron chi connectivity index (χ4n) is 0.957. The summed E-state index contributed by atoms with van der Waals surface area (Å²) < 4.78 is 1.07. The standard InChI is InChI=1S/C9H11BrOS/c10-8-3-1-7(2-4-8)5-9(12)6-11/h1-4,9,11-12H,5-6H2. The first kappa shape index (κ1) is 10.1. The number of hydrogen-bond donors (Lipinski definition) is 2. The van der Waals surface area contributed by atoms with Crippen molar-refractivity contribution < 1.29 is 5.11 Å². The number of hydrogen-bond acceptors (Lipinski definition) is 2. The molecular weight excluding hydrogens is 236 g/mol. The zero-order chi connectivity index (χ0) is 8.97. The van der Waals surface area contributed by atoms with E-state index >= 15 is 0 Å². The van der Waals surface area contributed by atoms with Crippen molar-refractivity contribution in [3.05, 3.63) is 34.3 Å². The summed E-state index contributed by atoms with van der Waals surface area (Å²) in [5, 5.41) is 8.81. The maximum absolute atomic E-state index is 8.77. The van der Waals surface area contributed by atoms with Crippen LogP contribution >= 0.6 is 28.6 Å². The molecule has 0 fully saturated rings. The van der Waals surface area contributed by atoms with E-state index in [1.165, 1.54) is 5.56 Å². The van der Waals surface area contributed by atoms with Gasteiger partial charge in [0.1, 0.15) is 0 Å². The van der Waals surface area contributed by atoms with Gasteiger partial charge in [0.2, 0.25) is 0 Å². The van der Waals surface area contributed by atoms with E-state index in [1.807, 2.05) is 24.3 Å². The molecule has 1 unspecified atom stereocenters.